The van der Waals surface area contributed by atoms with Crippen LogP contribution in [0.2, 0.25) is 0 Å². The van der Waals surface area contributed by atoms with E-state index >= 15 is 0 Å². The van der Waals surface area contributed by atoms with Crippen molar-refractivity contribution in [3.05, 3.63) is 59.1 Å². The van der Waals surface area contributed by atoms with Gasteiger partial charge >= 0.3 is 0 Å². The van der Waals surface area contributed by atoms with E-state index in [1.54, 1.807) is 13.0 Å². The lowest BCUT2D eigenvalue weighted by molar-refractivity contribution is 0.102. The molecule has 0 aliphatic carbocycles. The molecule has 0 aliphatic heterocycles. The molecule has 0 aliphatic rings. The third-order valence-corrected chi connectivity index (χ3v) is 3.24. The topological polar surface area (TPSA) is 92.9 Å². The molecule has 0 unspecified atom stereocenters. The number of benzene rings is 1. The Balaban J connectivity index is 1.77. The molecule has 0 spiro atoms. The maximum Gasteiger partial charge on any atom is 0.275 e. The van der Waals surface area contributed by atoms with Crippen LogP contribution in [-0.4, -0.2) is 21.0 Å². The van der Waals surface area contributed by atoms with Gasteiger partial charge in [0.2, 0.25) is 5.95 Å². The molecule has 2 heterocycles. The van der Waals surface area contributed by atoms with Gasteiger partial charge in [0, 0.05) is 18.0 Å². The fourth-order valence-corrected chi connectivity index (χ4v) is 2.33. The highest BCUT2D eigenvalue weighted by Gasteiger charge is 2.11. The smallest absolute Gasteiger partial charge is 0.275 e. The van der Waals surface area contributed by atoms with Crippen molar-refractivity contribution < 1.29 is 9.32 Å². The Labute approximate surface area is 139 Å². The third-order valence-electron chi connectivity index (χ3n) is 3.24. The molecule has 24 heavy (non-hydrogen) atoms. The Bertz CT molecular complexity index is 868. The summed E-state index contributed by atoms with van der Waals surface area (Å²) in [5.41, 5.74) is 3.37. The molecule has 122 valence electrons. The van der Waals surface area contributed by atoms with E-state index in [9.17, 15) is 4.79 Å². The number of amides is 1. The van der Waals surface area contributed by atoms with Crippen molar-refractivity contribution in [2.24, 2.45) is 0 Å². The van der Waals surface area contributed by atoms with Crippen molar-refractivity contribution in [1.29, 1.82) is 0 Å². The number of carbonyl (C=O) groups excluding carboxylic acids is 1. The van der Waals surface area contributed by atoms with Gasteiger partial charge in [-0.1, -0.05) is 11.2 Å². The predicted octanol–water partition coefficient (Wildman–Crippen LogP) is 3.39. The summed E-state index contributed by atoms with van der Waals surface area (Å²) in [6, 6.07) is 9.22. The normalized spacial score (nSPS) is 10.5. The van der Waals surface area contributed by atoms with E-state index in [1.165, 1.54) is 12.3 Å². The number of aryl methyl sites for hydroxylation is 3. The first-order chi connectivity index (χ1) is 11.5. The highest BCUT2D eigenvalue weighted by molar-refractivity contribution is 6.02. The second kappa shape index (κ2) is 6.49. The minimum Gasteiger partial charge on any atom is -0.360 e. The summed E-state index contributed by atoms with van der Waals surface area (Å²) < 4.78 is 4.92. The average Bonchev–Trinajstić information content (AvgIpc) is 2.91. The lowest BCUT2D eigenvalue weighted by Crippen LogP contribution is -2.15. The van der Waals surface area contributed by atoms with Gasteiger partial charge in [0.1, 0.15) is 11.5 Å². The maximum absolute atomic E-state index is 12.2. The number of anilines is 3. The Morgan fingerprint density at radius 2 is 1.83 bits per heavy atom. The first kappa shape index (κ1) is 15.7. The second-order valence-corrected chi connectivity index (χ2v) is 5.54. The van der Waals surface area contributed by atoms with E-state index in [4.69, 9.17) is 4.52 Å². The third kappa shape index (κ3) is 3.75. The van der Waals surface area contributed by atoms with Gasteiger partial charge in [-0.15, -0.1) is 0 Å². The zero-order valence-electron chi connectivity index (χ0n) is 13.6. The van der Waals surface area contributed by atoms with Crippen molar-refractivity contribution in [2.45, 2.75) is 20.8 Å². The van der Waals surface area contributed by atoms with E-state index in [0.717, 1.165) is 16.8 Å². The van der Waals surface area contributed by atoms with Crippen molar-refractivity contribution >= 4 is 23.4 Å². The van der Waals surface area contributed by atoms with Crippen LogP contribution in [0.5, 0.6) is 0 Å². The fraction of sp³-hybridized carbons (Fsp3) is 0.176. The number of nitrogens with zero attached hydrogens (tertiary/aromatic N) is 3. The van der Waals surface area contributed by atoms with Crippen LogP contribution < -0.4 is 10.6 Å². The molecule has 0 fully saturated rings. The lowest BCUT2D eigenvalue weighted by Gasteiger charge is -2.08. The molecule has 2 aromatic heterocycles. The molecule has 7 heteroatoms. The summed E-state index contributed by atoms with van der Waals surface area (Å²) in [6.45, 7) is 5.78. The van der Waals surface area contributed by atoms with Crippen LogP contribution in [-0.2, 0) is 0 Å². The second-order valence-electron chi connectivity index (χ2n) is 5.54. The minimum absolute atomic E-state index is 0.234. The van der Waals surface area contributed by atoms with E-state index in [1.807, 2.05) is 26.0 Å². The summed E-state index contributed by atoms with van der Waals surface area (Å²) >= 11 is 0. The van der Waals surface area contributed by atoms with Crippen LogP contribution >= 0.6 is 0 Å². The number of hydrogen-bond acceptors (Lipinski definition) is 6. The standard InChI is InChI=1S/C17H17N5O2/c1-10-6-11(2)8-13(7-10)19-17-18-5-4-14(20-17)16(23)21-15-9-12(3)24-22-15/h4-9H,1-3H3,(H,18,19,20)(H,21,22,23). The zero-order chi connectivity index (χ0) is 17.1. The van der Waals surface area contributed by atoms with Gasteiger partial charge < -0.3 is 15.2 Å². The van der Waals surface area contributed by atoms with Gasteiger partial charge in [-0.25, -0.2) is 9.97 Å². The zero-order valence-corrected chi connectivity index (χ0v) is 13.6. The lowest BCUT2D eigenvalue weighted by atomic mass is 10.1. The Morgan fingerprint density at radius 1 is 1.08 bits per heavy atom. The molecule has 0 radical (unpaired) electrons. The van der Waals surface area contributed by atoms with E-state index in [0.29, 0.717) is 17.5 Å². The highest BCUT2D eigenvalue weighted by atomic mass is 16.5. The molecule has 1 amide bonds. The monoisotopic (exact) mass is 323 g/mol. The Hall–Kier alpha value is -3.22. The van der Waals surface area contributed by atoms with Gasteiger partial charge in [-0.05, 0) is 50.1 Å². The van der Waals surface area contributed by atoms with E-state index in [2.05, 4.69) is 31.8 Å². The predicted molar refractivity (Wildman–Crippen MR) is 90.4 cm³/mol. The van der Waals surface area contributed by atoms with E-state index < -0.39 is 0 Å². The van der Waals surface area contributed by atoms with Gasteiger partial charge in [0.25, 0.3) is 5.91 Å². The SMILES string of the molecule is Cc1cc(C)cc(Nc2nccc(C(=O)Nc3cc(C)on3)n2)c1. The average molecular weight is 323 g/mol. The molecule has 0 bridgehead atoms. The highest BCUT2D eigenvalue weighted by Crippen LogP contribution is 2.17. The van der Waals surface area contributed by atoms with Crippen LogP contribution in [0.25, 0.3) is 0 Å². The Kier molecular flexibility index (Phi) is 4.24. The molecule has 2 N–H and O–H groups in total. The summed E-state index contributed by atoms with van der Waals surface area (Å²) in [5.74, 6) is 0.934. The molecule has 0 atom stereocenters. The first-order valence-corrected chi connectivity index (χ1v) is 7.42. The number of nitrogens with one attached hydrogen (secondary N) is 2. The molecule has 7 nitrogen and oxygen atoms in total. The largest absolute Gasteiger partial charge is 0.360 e. The summed E-state index contributed by atoms with van der Waals surface area (Å²) in [7, 11) is 0. The van der Waals surface area contributed by atoms with Crippen LogP contribution in [0.3, 0.4) is 0 Å². The molecule has 1 aromatic carbocycles. The number of hydrogen-bond donors (Lipinski definition) is 2. The molecular weight excluding hydrogens is 306 g/mol. The van der Waals surface area contributed by atoms with Gasteiger partial charge in [0.15, 0.2) is 5.82 Å². The van der Waals surface area contributed by atoms with Gasteiger partial charge in [-0.3, -0.25) is 4.79 Å². The number of aromatic nitrogens is 3. The Morgan fingerprint density at radius 3 is 2.50 bits per heavy atom. The summed E-state index contributed by atoms with van der Waals surface area (Å²) in [4.78, 5) is 20.6. The first-order valence-electron chi connectivity index (χ1n) is 7.42. The van der Waals surface area contributed by atoms with Crippen LogP contribution in [0.4, 0.5) is 17.5 Å². The van der Waals surface area contributed by atoms with Crippen molar-refractivity contribution in [3.8, 4) is 0 Å². The number of carbonyl (C=O) groups is 1. The van der Waals surface area contributed by atoms with E-state index in [-0.39, 0.29) is 11.6 Å². The molecule has 0 saturated carbocycles. The van der Waals surface area contributed by atoms with Crippen LogP contribution in [0, 0.1) is 20.8 Å². The fourth-order valence-electron chi connectivity index (χ4n) is 2.33. The van der Waals surface area contributed by atoms with Crippen molar-refractivity contribution in [1.82, 2.24) is 15.1 Å². The van der Waals surface area contributed by atoms with Gasteiger partial charge in [-0.2, -0.15) is 0 Å². The summed E-state index contributed by atoms with van der Waals surface area (Å²) in [6.07, 6.45) is 1.53. The van der Waals surface area contributed by atoms with Crippen LogP contribution in [0.15, 0.2) is 41.1 Å². The quantitative estimate of drug-likeness (QED) is 0.764. The van der Waals surface area contributed by atoms with Crippen molar-refractivity contribution in [2.75, 3.05) is 10.6 Å². The number of rotatable bonds is 4. The van der Waals surface area contributed by atoms with Crippen LogP contribution in [0.1, 0.15) is 27.4 Å². The molecule has 3 aromatic rings. The van der Waals surface area contributed by atoms with Gasteiger partial charge in [0.05, 0.1) is 0 Å². The van der Waals surface area contributed by atoms with Crippen molar-refractivity contribution in [3.63, 3.8) is 0 Å². The molecule has 0 saturated heterocycles. The molecular formula is C17H17N5O2. The molecule has 3 rings (SSSR count). The maximum atomic E-state index is 12.2. The minimum atomic E-state index is -0.380. The summed E-state index contributed by atoms with van der Waals surface area (Å²) in [5, 5.41) is 9.46.